The lowest BCUT2D eigenvalue weighted by Gasteiger charge is -2.26. The van der Waals surface area contributed by atoms with Gasteiger partial charge in [-0.25, -0.2) is 0 Å². The van der Waals surface area contributed by atoms with Crippen LogP contribution in [-0.2, 0) is 22.6 Å². The Morgan fingerprint density at radius 3 is 2.29 bits per heavy atom. The van der Waals surface area contributed by atoms with Gasteiger partial charge < -0.3 is 16.0 Å². The maximum atomic E-state index is 12.5. The fourth-order valence-electron chi connectivity index (χ4n) is 3.22. The molecule has 0 radical (unpaired) electrons. The number of carbonyl (C=O) groups excluding carboxylic acids is 2. The zero-order chi connectivity index (χ0) is 19.4. The van der Waals surface area contributed by atoms with Gasteiger partial charge in [-0.2, -0.15) is 0 Å². The van der Waals surface area contributed by atoms with Crippen LogP contribution in [0.15, 0.2) is 48.5 Å². The van der Waals surface area contributed by atoms with Gasteiger partial charge in [0.2, 0.25) is 11.8 Å². The smallest absolute Gasteiger partial charge is 0.246 e. The first-order valence-electron chi connectivity index (χ1n) is 9.45. The largest absolute Gasteiger partial charge is 0.343 e. The molecular formula is C22H28ClN3O2. The summed E-state index contributed by atoms with van der Waals surface area (Å²) in [5.74, 6) is 0.0697. The van der Waals surface area contributed by atoms with Crippen molar-refractivity contribution in [2.45, 2.75) is 51.7 Å². The Kier molecular flexibility index (Phi) is 7.61. The monoisotopic (exact) mass is 401 g/mol. The van der Waals surface area contributed by atoms with Gasteiger partial charge >= 0.3 is 0 Å². The van der Waals surface area contributed by atoms with Crippen LogP contribution in [0.2, 0.25) is 0 Å². The van der Waals surface area contributed by atoms with Crippen LogP contribution in [-0.4, -0.2) is 23.9 Å². The molecule has 150 valence electrons. The van der Waals surface area contributed by atoms with E-state index in [0.29, 0.717) is 18.9 Å². The Balaban J connectivity index is 0.00000280. The van der Waals surface area contributed by atoms with Crippen LogP contribution < -0.4 is 16.0 Å². The van der Waals surface area contributed by atoms with Gasteiger partial charge in [0.1, 0.15) is 6.04 Å². The van der Waals surface area contributed by atoms with E-state index in [-0.39, 0.29) is 30.3 Å². The minimum Gasteiger partial charge on any atom is -0.343 e. The first kappa shape index (κ1) is 21.9. The highest BCUT2D eigenvalue weighted by atomic mass is 35.5. The Labute approximate surface area is 172 Å². The number of carbonyl (C=O) groups is 2. The highest BCUT2D eigenvalue weighted by Gasteiger charge is 2.26. The molecule has 0 spiro atoms. The van der Waals surface area contributed by atoms with Crippen molar-refractivity contribution in [2.24, 2.45) is 0 Å². The average molecular weight is 402 g/mol. The second-order valence-corrected chi connectivity index (χ2v) is 7.40. The van der Waals surface area contributed by atoms with Gasteiger partial charge in [-0.3, -0.25) is 9.59 Å². The summed E-state index contributed by atoms with van der Waals surface area (Å²) >= 11 is 0. The van der Waals surface area contributed by atoms with E-state index in [1.54, 1.807) is 6.92 Å². The maximum absolute atomic E-state index is 12.5. The summed E-state index contributed by atoms with van der Waals surface area (Å²) in [5, 5.41) is 8.92. The van der Waals surface area contributed by atoms with Gasteiger partial charge in [-0.1, -0.05) is 50.2 Å². The zero-order valence-corrected chi connectivity index (χ0v) is 17.3. The molecule has 0 saturated heterocycles. The molecule has 1 aliphatic heterocycles. The number of nitrogens with one attached hydrogen (secondary N) is 3. The van der Waals surface area contributed by atoms with E-state index in [0.717, 1.165) is 5.69 Å². The standard InChI is InChI=1S/C22H27N3O2.ClH/c1-14(2)16-8-10-19(11-9-16)25-21(26)15(3)24-22(27)20-12-17-6-4-5-7-18(17)13-23-20;/h4-11,14-15,20,23H,12-13H2,1-3H3,(H,24,27)(H,25,26);1H/t15-,20-;/m0./s1. The SMILES string of the molecule is CC(C)c1ccc(NC(=O)[C@H](C)NC(=O)[C@@H]2Cc3ccccc3CN2)cc1.Cl. The third-order valence-corrected chi connectivity index (χ3v) is 4.99. The molecule has 0 bridgehead atoms. The Morgan fingerprint density at radius 1 is 1.00 bits per heavy atom. The van der Waals surface area contributed by atoms with Crippen molar-refractivity contribution >= 4 is 29.9 Å². The van der Waals surface area contributed by atoms with Crippen molar-refractivity contribution in [1.82, 2.24) is 10.6 Å². The lowest BCUT2D eigenvalue weighted by atomic mass is 9.95. The van der Waals surface area contributed by atoms with Gasteiger partial charge in [0.15, 0.2) is 0 Å². The number of hydrogen-bond acceptors (Lipinski definition) is 3. The summed E-state index contributed by atoms with van der Waals surface area (Å²) in [5.41, 5.74) is 4.35. The molecule has 0 saturated carbocycles. The molecule has 2 aromatic rings. The summed E-state index contributed by atoms with van der Waals surface area (Å²) in [4.78, 5) is 24.9. The summed E-state index contributed by atoms with van der Waals surface area (Å²) in [6, 6.07) is 15.0. The second-order valence-electron chi connectivity index (χ2n) is 7.40. The van der Waals surface area contributed by atoms with Crippen molar-refractivity contribution in [3.05, 3.63) is 65.2 Å². The third-order valence-electron chi connectivity index (χ3n) is 4.99. The topological polar surface area (TPSA) is 70.2 Å². The molecule has 2 atom stereocenters. The van der Waals surface area contributed by atoms with Gasteiger partial charge in [0, 0.05) is 12.2 Å². The highest BCUT2D eigenvalue weighted by Crippen LogP contribution is 2.18. The number of rotatable bonds is 5. The summed E-state index contributed by atoms with van der Waals surface area (Å²) < 4.78 is 0. The fraction of sp³-hybridized carbons (Fsp3) is 0.364. The van der Waals surface area contributed by atoms with Crippen molar-refractivity contribution < 1.29 is 9.59 Å². The second kappa shape index (κ2) is 9.71. The predicted octanol–water partition coefficient (Wildman–Crippen LogP) is 3.39. The molecule has 1 heterocycles. The molecule has 0 fully saturated rings. The Hall–Kier alpha value is -2.37. The van der Waals surface area contributed by atoms with E-state index in [4.69, 9.17) is 0 Å². The molecule has 3 rings (SSSR count). The normalized spacial score (nSPS) is 16.5. The molecule has 0 aliphatic carbocycles. The lowest BCUT2D eigenvalue weighted by Crippen LogP contribution is -2.52. The van der Waals surface area contributed by atoms with Gasteiger partial charge in [0.05, 0.1) is 6.04 Å². The Bertz CT molecular complexity index is 821. The maximum Gasteiger partial charge on any atom is 0.246 e. The van der Waals surface area contributed by atoms with Crippen LogP contribution in [0.1, 0.15) is 43.4 Å². The summed E-state index contributed by atoms with van der Waals surface area (Å²) in [6.07, 6.45) is 0.632. The number of benzene rings is 2. The van der Waals surface area contributed by atoms with Crippen LogP contribution >= 0.6 is 12.4 Å². The first-order chi connectivity index (χ1) is 12.9. The predicted molar refractivity (Wildman–Crippen MR) is 115 cm³/mol. The molecule has 0 aromatic heterocycles. The van der Waals surface area contributed by atoms with Crippen molar-refractivity contribution in [2.75, 3.05) is 5.32 Å². The molecular weight excluding hydrogens is 374 g/mol. The summed E-state index contributed by atoms with van der Waals surface area (Å²) in [7, 11) is 0. The van der Waals surface area contributed by atoms with E-state index < -0.39 is 6.04 Å². The van der Waals surface area contributed by atoms with Crippen LogP contribution in [0.5, 0.6) is 0 Å². The molecule has 2 amide bonds. The molecule has 0 unspecified atom stereocenters. The third kappa shape index (κ3) is 5.33. The van der Waals surface area contributed by atoms with Crippen molar-refractivity contribution in [3.8, 4) is 0 Å². The Morgan fingerprint density at radius 2 is 1.64 bits per heavy atom. The van der Waals surface area contributed by atoms with E-state index in [9.17, 15) is 9.59 Å². The fourth-order valence-corrected chi connectivity index (χ4v) is 3.22. The van der Waals surface area contributed by atoms with Crippen LogP contribution in [0.3, 0.4) is 0 Å². The number of fused-ring (bicyclic) bond motifs is 1. The lowest BCUT2D eigenvalue weighted by molar-refractivity contribution is -0.127. The molecule has 3 N–H and O–H groups in total. The molecule has 2 aromatic carbocycles. The van der Waals surface area contributed by atoms with Crippen LogP contribution in [0.25, 0.3) is 0 Å². The highest BCUT2D eigenvalue weighted by molar-refractivity contribution is 5.97. The molecule has 5 nitrogen and oxygen atoms in total. The van der Waals surface area contributed by atoms with E-state index in [1.165, 1.54) is 16.7 Å². The molecule has 1 aliphatic rings. The first-order valence-corrected chi connectivity index (χ1v) is 9.45. The molecule has 28 heavy (non-hydrogen) atoms. The van der Waals surface area contributed by atoms with Gasteiger partial charge in [0.25, 0.3) is 0 Å². The van der Waals surface area contributed by atoms with E-state index >= 15 is 0 Å². The minimum atomic E-state index is -0.610. The quantitative estimate of drug-likeness (QED) is 0.719. The van der Waals surface area contributed by atoms with Crippen molar-refractivity contribution in [3.63, 3.8) is 0 Å². The summed E-state index contributed by atoms with van der Waals surface area (Å²) in [6.45, 7) is 6.62. The van der Waals surface area contributed by atoms with Crippen LogP contribution in [0, 0.1) is 0 Å². The van der Waals surface area contributed by atoms with Crippen molar-refractivity contribution in [1.29, 1.82) is 0 Å². The zero-order valence-electron chi connectivity index (χ0n) is 16.5. The van der Waals surface area contributed by atoms with Gasteiger partial charge in [-0.15, -0.1) is 12.4 Å². The van der Waals surface area contributed by atoms with E-state index in [2.05, 4.69) is 35.9 Å². The number of anilines is 1. The van der Waals surface area contributed by atoms with E-state index in [1.807, 2.05) is 42.5 Å². The minimum absolute atomic E-state index is 0. The number of halogens is 1. The number of hydrogen-bond donors (Lipinski definition) is 3. The van der Waals surface area contributed by atoms with Gasteiger partial charge in [-0.05, 0) is 48.1 Å². The number of amides is 2. The average Bonchev–Trinajstić information content (AvgIpc) is 2.67. The molecule has 6 heteroatoms. The van der Waals surface area contributed by atoms with Crippen LogP contribution in [0.4, 0.5) is 5.69 Å².